The summed E-state index contributed by atoms with van der Waals surface area (Å²) in [5.74, 6) is -3.47. The van der Waals surface area contributed by atoms with E-state index < -0.39 is 77.5 Å². The monoisotopic (exact) mass is 459 g/mol. The fourth-order valence-electron chi connectivity index (χ4n) is 2.40. The molecule has 0 unspecified atom stereocenters. The van der Waals surface area contributed by atoms with Gasteiger partial charge in [-0.1, -0.05) is 0 Å². The zero-order valence-corrected chi connectivity index (χ0v) is 16.1. The van der Waals surface area contributed by atoms with Gasteiger partial charge in [0.2, 0.25) is 18.0 Å². The van der Waals surface area contributed by atoms with E-state index in [4.69, 9.17) is 24.2 Å². The Hall–Kier alpha value is -2.18. The number of hydrogen-bond donors (Lipinski definition) is 7. The quantitative estimate of drug-likeness (QED) is 0.114. The van der Waals surface area contributed by atoms with Crippen molar-refractivity contribution in [2.24, 2.45) is 0 Å². The summed E-state index contributed by atoms with van der Waals surface area (Å²) in [7, 11) is -5.24. The maximum Gasteiger partial charge on any atom is 0.397 e. The number of rotatable bonds is 11. The van der Waals surface area contributed by atoms with Gasteiger partial charge >= 0.3 is 16.4 Å². The highest BCUT2D eigenvalue weighted by molar-refractivity contribution is 7.80. The Labute approximate surface area is 169 Å². The Bertz CT molecular complexity index is 767. The molecule has 7 N–H and O–H groups in total. The molecule has 172 valence electrons. The average molecular weight is 459 g/mol. The topological polar surface area (TPSA) is 246 Å². The Morgan fingerprint density at radius 3 is 2.40 bits per heavy atom. The van der Waals surface area contributed by atoms with Crippen LogP contribution in [-0.4, -0.2) is 106 Å². The third-order valence-electron chi connectivity index (χ3n) is 3.69. The van der Waals surface area contributed by atoms with Gasteiger partial charge in [0, 0.05) is 6.92 Å². The highest BCUT2D eigenvalue weighted by Gasteiger charge is 2.45. The molecule has 16 heteroatoms. The summed E-state index contributed by atoms with van der Waals surface area (Å²) in [6.45, 7) is -0.0507. The summed E-state index contributed by atoms with van der Waals surface area (Å²) in [6.07, 6.45) is -11.8. The summed E-state index contributed by atoms with van der Waals surface area (Å²) in [6, 6.07) is -1.72. The van der Waals surface area contributed by atoms with Crippen molar-refractivity contribution in [1.82, 2.24) is 5.32 Å². The van der Waals surface area contributed by atoms with Gasteiger partial charge in [-0.3, -0.25) is 9.35 Å². The first-order valence-electron chi connectivity index (χ1n) is 8.11. The summed E-state index contributed by atoms with van der Waals surface area (Å²) in [5.41, 5.74) is 0. The van der Waals surface area contributed by atoms with E-state index in [-0.39, 0.29) is 6.29 Å². The number of aliphatic carboxylic acids is 1. The van der Waals surface area contributed by atoms with Gasteiger partial charge in [-0.2, -0.15) is 8.42 Å². The van der Waals surface area contributed by atoms with E-state index >= 15 is 0 Å². The molecule has 30 heavy (non-hydrogen) atoms. The lowest BCUT2D eigenvalue weighted by Gasteiger charge is -2.37. The minimum absolute atomic E-state index is 0.0607. The van der Waals surface area contributed by atoms with Crippen LogP contribution in [0.2, 0.25) is 0 Å². The average Bonchev–Trinajstić information content (AvgIpc) is 2.64. The molecular formula is C14H21NO14S. The number of aliphatic hydroxyl groups excluding tert-OH is 4. The number of hydrogen-bond acceptors (Lipinski definition) is 12. The first kappa shape index (κ1) is 25.9. The second-order valence-electron chi connectivity index (χ2n) is 6.01. The van der Waals surface area contributed by atoms with Crippen molar-refractivity contribution in [3.05, 3.63) is 11.8 Å². The zero-order valence-electron chi connectivity index (χ0n) is 15.3. The largest absolute Gasteiger partial charge is 0.475 e. The fourth-order valence-corrected chi connectivity index (χ4v) is 2.89. The molecule has 1 aliphatic heterocycles. The van der Waals surface area contributed by atoms with Gasteiger partial charge in [0.05, 0.1) is 6.61 Å². The highest BCUT2D eigenvalue weighted by atomic mass is 32.3. The second-order valence-corrected chi connectivity index (χ2v) is 7.05. The van der Waals surface area contributed by atoms with Gasteiger partial charge < -0.3 is 45.1 Å². The Morgan fingerprint density at radius 1 is 1.37 bits per heavy atom. The number of carbonyl (C=O) groups is 3. The predicted octanol–water partition coefficient (Wildman–Crippen LogP) is -4.34. The summed E-state index contributed by atoms with van der Waals surface area (Å²) in [5, 5.41) is 49.9. The van der Waals surface area contributed by atoms with Crippen molar-refractivity contribution < 1.29 is 66.5 Å². The van der Waals surface area contributed by atoms with Crippen LogP contribution in [0.25, 0.3) is 0 Å². The van der Waals surface area contributed by atoms with Crippen LogP contribution in [0.15, 0.2) is 11.8 Å². The first-order chi connectivity index (χ1) is 13.8. The molecule has 0 aliphatic carbocycles. The van der Waals surface area contributed by atoms with Crippen molar-refractivity contribution in [2.75, 3.05) is 6.61 Å². The van der Waals surface area contributed by atoms with Crippen LogP contribution in [-0.2, 0) is 38.4 Å². The SMILES string of the molecule is CC(=O)N[C@H](C=O)[C@H](O[C@@H]1OC(C(=O)O)=C[C@H](O)[C@@H]1OS(=O)(=O)O)[C@H](O)[C@H](O)CO. The van der Waals surface area contributed by atoms with E-state index in [9.17, 15) is 38.1 Å². The summed E-state index contributed by atoms with van der Waals surface area (Å²) < 4.78 is 45.3. The van der Waals surface area contributed by atoms with Crippen LogP contribution in [0.3, 0.4) is 0 Å². The van der Waals surface area contributed by atoms with Crippen LogP contribution in [0.4, 0.5) is 0 Å². The third kappa shape index (κ3) is 7.26. The molecule has 0 saturated carbocycles. The summed E-state index contributed by atoms with van der Waals surface area (Å²) >= 11 is 0. The molecule has 1 heterocycles. The van der Waals surface area contributed by atoms with Gasteiger partial charge in [0.25, 0.3) is 0 Å². The fraction of sp³-hybridized carbons (Fsp3) is 0.643. The second kappa shape index (κ2) is 10.7. The molecule has 1 rings (SSSR count). The molecule has 0 aromatic rings. The molecule has 0 fully saturated rings. The first-order valence-corrected chi connectivity index (χ1v) is 9.47. The minimum atomic E-state index is -5.24. The van der Waals surface area contributed by atoms with Crippen LogP contribution >= 0.6 is 0 Å². The predicted molar refractivity (Wildman–Crippen MR) is 90.7 cm³/mol. The number of carboxylic acids is 1. The maximum atomic E-state index is 11.4. The molecule has 1 amide bonds. The number of aliphatic hydroxyl groups is 4. The van der Waals surface area contributed by atoms with Gasteiger partial charge in [0.1, 0.15) is 36.7 Å². The molecule has 0 radical (unpaired) electrons. The van der Waals surface area contributed by atoms with E-state index in [2.05, 4.69) is 4.18 Å². The van der Waals surface area contributed by atoms with Crippen LogP contribution < -0.4 is 5.32 Å². The number of aldehydes is 1. The number of carbonyl (C=O) groups excluding carboxylic acids is 2. The van der Waals surface area contributed by atoms with Crippen molar-refractivity contribution in [2.45, 2.75) is 49.8 Å². The van der Waals surface area contributed by atoms with Gasteiger partial charge in [-0.05, 0) is 6.08 Å². The molecule has 0 spiro atoms. The molecule has 0 aromatic heterocycles. The molecule has 0 aromatic carbocycles. The lowest BCUT2D eigenvalue weighted by atomic mass is 10.0. The molecule has 7 atom stereocenters. The molecule has 15 nitrogen and oxygen atoms in total. The third-order valence-corrected chi connectivity index (χ3v) is 4.16. The maximum absolute atomic E-state index is 11.4. The van der Waals surface area contributed by atoms with Gasteiger partial charge in [-0.15, -0.1) is 0 Å². The Kier molecular flexibility index (Phi) is 9.25. The molecule has 1 aliphatic rings. The number of amides is 1. The van der Waals surface area contributed by atoms with Crippen molar-refractivity contribution >= 4 is 28.6 Å². The van der Waals surface area contributed by atoms with Crippen molar-refractivity contribution in [3.63, 3.8) is 0 Å². The van der Waals surface area contributed by atoms with E-state index in [1.165, 1.54) is 0 Å². The Balaban J connectivity index is 3.34. The van der Waals surface area contributed by atoms with Crippen LogP contribution in [0.5, 0.6) is 0 Å². The zero-order chi connectivity index (χ0) is 23.2. The van der Waals surface area contributed by atoms with Gasteiger partial charge in [-0.25, -0.2) is 8.98 Å². The van der Waals surface area contributed by atoms with E-state index in [1.54, 1.807) is 0 Å². The van der Waals surface area contributed by atoms with Gasteiger partial charge in [0.15, 0.2) is 6.10 Å². The Morgan fingerprint density at radius 2 is 1.97 bits per heavy atom. The van der Waals surface area contributed by atoms with Crippen LogP contribution in [0, 0.1) is 0 Å². The number of nitrogens with one attached hydrogen (secondary N) is 1. The lowest BCUT2D eigenvalue weighted by molar-refractivity contribution is -0.243. The molecule has 0 bridgehead atoms. The van der Waals surface area contributed by atoms with E-state index in [1.807, 2.05) is 5.32 Å². The highest BCUT2D eigenvalue weighted by Crippen LogP contribution is 2.26. The number of ether oxygens (including phenoxy) is 2. The number of carboxylic acid groups (broad SMARTS) is 1. The van der Waals surface area contributed by atoms with Crippen molar-refractivity contribution in [3.8, 4) is 0 Å². The molecule has 0 saturated heterocycles. The lowest BCUT2D eigenvalue weighted by Crippen LogP contribution is -2.58. The van der Waals surface area contributed by atoms with Crippen LogP contribution in [0.1, 0.15) is 6.92 Å². The van der Waals surface area contributed by atoms with E-state index in [0.717, 1.165) is 6.92 Å². The van der Waals surface area contributed by atoms with Crippen molar-refractivity contribution in [1.29, 1.82) is 0 Å². The molecular weight excluding hydrogens is 438 g/mol. The van der Waals surface area contributed by atoms with E-state index in [0.29, 0.717) is 6.08 Å². The minimum Gasteiger partial charge on any atom is -0.475 e. The smallest absolute Gasteiger partial charge is 0.397 e. The summed E-state index contributed by atoms with van der Waals surface area (Å²) in [4.78, 5) is 33.8. The standard InChI is InChI=1S/C14H21NO14S/c1-5(18)15-6(3-16)11(10(21)8(20)4-17)28-14-12(29-30(24,25)26)7(19)2-9(27-14)13(22)23/h2-3,6-8,10-12,14,17,19-21H,4H2,1H3,(H,15,18)(H,22,23)(H,24,25,26)/t6-,7+,8-,10-,11+,12+,14+/m1/s1. The normalized spacial score (nSPS) is 25.8.